The average Bonchev–Trinajstić information content (AvgIpc) is 3.26. The van der Waals surface area contributed by atoms with Crippen molar-refractivity contribution in [2.24, 2.45) is 17.8 Å². The van der Waals surface area contributed by atoms with Crippen molar-refractivity contribution in [1.82, 2.24) is 4.90 Å². The van der Waals surface area contributed by atoms with Crippen LogP contribution in [0, 0.1) is 17.8 Å². The highest BCUT2D eigenvalue weighted by Gasteiger charge is 2.42. The van der Waals surface area contributed by atoms with Gasteiger partial charge < -0.3 is 23.8 Å². The molecule has 3 aliphatic rings. The van der Waals surface area contributed by atoms with Crippen LogP contribution < -0.4 is 0 Å². The second-order valence-electron chi connectivity index (χ2n) is 12.6. The Balaban J connectivity index is 1.67. The van der Waals surface area contributed by atoms with Crippen LogP contribution in [0.4, 0.5) is 0 Å². The second-order valence-corrected chi connectivity index (χ2v) is 12.6. The quantitative estimate of drug-likeness (QED) is 0.137. The van der Waals surface area contributed by atoms with Crippen molar-refractivity contribution in [3.8, 4) is 0 Å². The molecule has 0 radical (unpaired) electrons. The summed E-state index contributed by atoms with van der Waals surface area (Å²) in [5, 5.41) is 0. The molecule has 2 unspecified atom stereocenters. The van der Waals surface area contributed by atoms with Crippen LogP contribution in [0.25, 0.3) is 0 Å². The number of ether oxygens (including phenoxy) is 4. The first kappa shape index (κ1) is 34.0. The van der Waals surface area contributed by atoms with Crippen molar-refractivity contribution < 1.29 is 28.5 Å². The predicted molar refractivity (Wildman–Crippen MR) is 162 cm³/mol. The van der Waals surface area contributed by atoms with Crippen molar-refractivity contribution >= 4 is 11.7 Å². The third-order valence-corrected chi connectivity index (χ3v) is 8.70. The van der Waals surface area contributed by atoms with Crippen LogP contribution in [0.1, 0.15) is 110 Å². The van der Waals surface area contributed by atoms with Crippen LogP contribution in [0.15, 0.2) is 24.3 Å². The Morgan fingerprint density at radius 1 is 1.05 bits per heavy atom. The van der Waals surface area contributed by atoms with Gasteiger partial charge in [-0.2, -0.15) is 0 Å². The number of allylic oxidation sites excluding steroid dienone is 3. The van der Waals surface area contributed by atoms with Crippen molar-refractivity contribution in [2.75, 3.05) is 27.3 Å². The Labute approximate surface area is 249 Å². The summed E-state index contributed by atoms with van der Waals surface area (Å²) >= 11 is 0. The highest BCUT2D eigenvalue weighted by Crippen LogP contribution is 2.37. The lowest BCUT2D eigenvalue weighted by Crippen LogP contribution is -2.31. The maximum atomic E-state index is 13.4. The van der Waals surface area contributed by atoms with Gasteiger partial charge in [-0.3, -0.25) is 9.59 Å². The smallest absolute Gasteiger partial charge is 0.222 e. The third kappa shape index (κ3) is 12.3. The van der Waals surface area contributed by atoms with Gasteiger partial charge in [0, 0.05) is 52.0 Å². The first-order chi connectivity index (χ1) is 19.9. The zero-order valence-electron chi connectivity index (χ0n) is 26.3. The molecule has 3 fully saturated rings. The minimum absolute atomic E-state index is 0.0630. The Kier molecular flexibility index (Phi) is 15.6. The Hall–Kier alpha value is -1.54. The molecule has 7 nitrogen and oxygen atoms in total. The summed E-state index contributed by atoms with van der Waals surface area (Å²) in [6, 6.07) is 0. The van der Waals surface area contributed by atoms with Crippen LogP contribution >= 0.6 is 0 Å². The van der Waals surface area contributed by atoms with Crippen molar-refractivity contribution in [3.63, 3.8) is 0 Å². The largest absolute Gasteiger partial charge is 0.353 e. The van der Waals surface area contributed by atoms with Gasteiger partial charge in [-0.15, -0.1) is 0 Å². The number of unbranched alkanes of at least 4 members (excludes halogenated alkanes) is 2. The summed E-state index contributed by atoms with van der Waals surface area (Å²) in [4.78, 5) is 26.9. The number of ketones is 1. The molecule has 3 rings (SSSR count). The molecule has 0 aromatic heterocycles. The van der Waals surface area contributed by atoms with Gasteiger partial charge >= 0.3 is 0 Å². The first-order valence-electron chi connectivity index (χ1n) is 16.5. The van der Waals surface area contributed by atoms with Gasteiger partial charge in [0.05, 0.1) is 12.2 Å². The molecule has 0 aromatic rings. The summed E-state index contributed by atoms with van der Waals surface area (Å²) in [5.74, 6) is 0.806. The number of rotatable bonds is 17. The minimum atomic E-state index is -0.216. The molecule has 2 heterocycles. The summed E-state index contributed by atoms with van der Waals surface area (Å²) in [5.41, 5.74) is 0. The molecule has 41 heavy (non-hydrogen) atoms. The van der Waals surface area contributed by atoms with Gasteiger partial charge in [0.2, 0.25) is 5.91 Å². The van der Waals surface area contributed by atoms with Gasteiger partial charge in [0.15, 0.2) is 12.6 Å². The maximum absolute atomic E-state index is 13.4. The van der Waals surface area contributed by atoms with Crippen LogP contribution in [0.3, 0.4) is 0 Å². The van der Waals surface area contributed by atoms with Crippen LogP contribution in [0.5, 0.6) is 0 Å². The molecular formula is C34H57NO6. The molecule has 0 bridgehead atoms. The fourth-order valence-electron chi connectivity index (χ4n) is 6.14. The van der Waals surface area contributed by atoms with E-state index in [1.165, 1.54) is 19.3 Å². The number of Topliss-reactive ketones (excluding diaryl/α,β-unsaturated/α-hetero) is 1. The molecule has 1 amide bonds. The number of carbonyl (C=O) groups excluding carboxylic acids is 2. The SMILES string of the molecule is CCCC[C@H](C)C[C@@H](C=C[C@H]1C(=O)C[C@H](OC2CCCCO2)[C@@H]1CC=CCCCC(=O)N(C)C)OC1CCCCO1. The molecular weight excluding hydrogens is 518 g/mol. The topological polar surface area (TPSA) is 74.3 Å². The van der Waals surface area contributed by atoms with Crippen molar-refractivity contribution in [2.45, 2.75) is 135 Å². The lowest BCUT2D eigenvalue weighted by Gasteiger charge is -2.29. The van der Waals surface area contributed by atoms with Gasteiger partial charge in [0.25, 0.3) is 0 Å². The minimum Gasteiger partial charge on any atom is -0.353 e. The molecule has 2 saturated heterocycles. The fourth-order valence-corrected chi connectivity index (χ4v) is 6.14. The number of nitrogens with zero attached hydrogens (tertiary/aromatic N) is 1. The monoisotopic (exact) mass is 575 g/mol. The summed E-state index contributed by atoms with van der Waals surface area (Å²) in [7, 11) is 3.59. The molecule has 1 aliphatic carbocycles. The normalized spacial score (nSPS) is 28.9. The van der Waals surface area contributed by atoms with E-state index in [-0.39, 0.29) is 48.3 Å². The molecule has 7 atom stereocenters. The molecule has 0 N–H and O–H groups in total. The van der Waals surface area contributed by atoms with E-state index in [9.17, 15) is 9.59 Å². The van der Waals surface area contributed by atoms with E-state index >= 15 is 0 Å². The molecule has 0 spiro atoms. The van der Waals surface area contributed by atoms with Crippen LogP contribution in [-0.2, 0) is 28.5 Å². The zero-order chi connectivity index (χ0) is 29.5. The fraction of sp³-hybridized carbons (Fsp3) is 0.824. The van der Waals surface area contributed by atoms with Gasteiger partial charge in [0.1, 0.15) is 5.78 Å². The second kappa shape index (κ2) is 18.9. The van der Waals surface area contributed by atoms with E-state index in [0.717, 1.165) is 77.4 Å². The maximum Gasteiger partial charge on any atom is 0.222 e. The zero-order valence-corrected chi connectivity index (χ0v) is 26.3. The third-order valence-electron chi connectivity index (χ3n) is 8.70. The van der Waals surface area contributed by atoms with E-state index in [1.54, 1.807) is 19.0 Å². The Bertz CT molecular complexity index is 814. The van der Waals surface area contributed by atoms with E-state index in [1.807, 2.05) is 0 Å². The first-order valence-corrected chi connectivity index (χ1v) is 16.5. The van der Waals surface area contributed by atoms with Crippen molar-refractivity contribution in [1.29, 1.82) is 0 Å². The number of carbonyl (C=O) groups is 2. The van der Waals surface area contributed by atoms with E-state index in [4.69, 9.17) is 18.9 Å². The Morgan fingerprint density at radius 2 is 1.78 bits per heavy atom. The summed E-state index contributed by atoms with van der Waals surface area (Å²) < 4.78 is 24.7. The van der Waals surface area contributed by atoms with Crippen molar-refractivity contribution in [3.05, 3.63) is 24.3 Å². The molecule has 234 valence electrons. The highest BCUT2D eigenvalue weighted by molar-refractivity contribution is 5.86. The number of hydrogen-bond acceptors (Lipinski definition) is 6. The predicted octanol–water partition coefficient (Wildman–Crippen LogP) is 6.99. The van der Waals surface area contributed by atoms with E-state index in [2.05, 4.69) is 38.2 Å². The summed E-state index contributed by atoms with van der Waals surface area (Å²) in [6.07, 6.45) is 22.2. The van der Waals surface area contributed by atoms with E-state index in [0.29, 0.717) is 18.8 Å². The molecule has 0 aromatic carbocycles. The molecule has 7 heteroatoms. The van der Waals surface area contributed by atoms with Crippen LogP contribution in [0.2, 0.25) is 0 Å². The van der Waals surface area contributed by atoms with Gasteiger partial charge in [-0.05, 0) is 70.1 Å². The van der Waals surface area contributed by atoms with Crippen LogP contribution in [-0.4, -0.2) is 68.7 Å². The molecule has 1 saturated carbocycles. The molecule has 2 aliphatic heterocycles. The van der Waals surface area contributed by atoms with Gasteiger partial charge in [-0.1, -0.05) is 57.4 Å². The number of hydrogen-bond donors (Lipinski definition) is 0. The Morgan fingerprint density at radius 3 is 2.44 bits per heavy atom. The highest BCUT2D eigenvalue weighted by atomic mass is 16.7. The summed E-state index contributed by atoms with van der Waals surface area (Å²) in [6.45, 7) is 6.02. The number of amides is 1. The van der Waals surface area contributed by atoms with E-state index < -0.39 is 0 Å². The average molecular weight is 576 g/mol. The lowest BCUT2D eigenvalue weighted by molar-refractivity contribution is -0.195. The lowest BCUT2D eigenvalue weighted by atomic mass is 9.89. The standard InChI is InChI=1S/C34H57NO6/c1-5-6-15-26(2)24-27(40-33-18-11-13-22-38-33)20-21-28-29(16-9-7-8-10-17-32(37)35(3)4)31(25-30(28)36)41-34-19-12-14-23-39-34/h7,9,20-21,26-29,31,33-34H,5-6,8,10-19,22-25H2,1-4H3/t26-,27+,28+,29+,31-,33?,34?/m0/s1. The van der Waals surface area contributed by atoms with Gasteiger partial charge in [-0.25, -0.2) is 0 Å².